The fourth-order valence-electron chi connectivity index (χ4n) is 2.28. The minimum absolute atomic E-state index is 0.0268. The zero-order chi connectivity index (χ0) is 16.7. The minimum atomic E-state index is -0.243. The zero-order valence-electron chi connectivity index (χ0n) is 13.0. The highest BCUT2D eigenvalue weighted by Crippen LogP contribution is 2.21. The average Bonchev–Trinajstić information content (AvgIpc) is 2.55. The van der Waals surface area contributed by atoms with Crippen LogP contribution in [0.4, 0.5) is 4.39 Å². The molecule has 3 nitrogen and oxygen atoms in total. The Morgan fingerprint density at radius 1 is 1.17 bits per heavy atom. The van der Waals surface area contributed by atoms with E-state index in [2.05, 4.69) is 10.6 Å². The van der Waals surface area contributed by atoms with Gasteiger partial charge in [0.05, 0.1) is 6.54 Å². The van der Waals surface area contributed by atoms with Crippen molar-refractivity contribution in [2.24, 2.45) is 0 Å². The number of hydrogen-bond acceptors (Lipinski definition) is 2. The topological polar surface area (TPSA) is 41.1 Å². The van der Waals surface area contributed by atoms with E-state index >= 15 is 0 Å². The Morgan fingerprint density at radius 3 is 2.61 bits per heavy atom. The molecule has 5 heteroatoms. The van der Waals surface area contributed by atoms with Crippen molar-refractivity contribution in [3.63, 3.8) is 0 Å². The summed E-state index contributed by atoms with van der Waals surface area (Å²) in [6.45, 7) is 2.54. The lowest BCUT2D eigenvalue weighted by atomic mass is 10.1. The number of rotatable bonds is 7. The zero-order valence-corrected chi connectivity index (χ0v) is 13.7. The van der Waals surface area contributed by atoms with Crippen molar-refractivity contribution in [3.8, 4) is 0 Å². The fourth-order valence-corrected chi connectivity index (χ4v) is 2.58. The van der Waals surface area contributed by atoms with Gasteiger partial charge in [0.1, 0.15) is 5.82 Å². The quantitative estimate of drug-likeness (QED) is 0.813. The first-order valence-corrected chi connectivity index (χ1v) is 7.93. The van der Waals surface area contributed by atoms with Gasteiger partial charge < -0.3 is 10.6 Å². The van der Waals surface area contributed by atoms with Crippen molar-refractivity contribution in [1.29, 1.82) is 0 Å². The Bertz CT molecular complexity index is 663. The maximum absolute atomic E-state index is 13.5. The van der Waals surface area contributed by atoms with Crippen LogP contribution in [0.1, 0.15) is 24.1 Å². The third kappa shape index (κ3) is 5.34. The highest BCUT2D eigenvalue weighted by atomic mass is 35.5. The van der Waals surface area contributed by atoms with E-state index in [4.69, 9.17) is 11.6 Å². The maximum Gasteiger partial charge on any atom is 0.233 e. The van der Waals surface area contributed by atoms with Crippen LogP contribution in [0, 0.1) is 5.82 Å². The second-order valence-corrected chi connectivity index (χ2v) is 5.72. The molecule has 2 aromatic carbocycles. The molecule has 0 spiro atoms. The number of benzene rings is 2. The Balaban J connectivity index is 1.73. The van der Waals surface area contributed by atoms with E-state index in [0.29, 0.717) is 23.6 Å². The molecule has 0 radical (unpaired) electrons. The highest BCUT2D eigenvalue weighted by Gasteiger charge is 2.10. The van der Waals surface area contributed by atoms with Crippen molar-refractivity contribution in [3.05, 3.63) is 70.5 Å². The lowest BCUT2D eigenvalue weighted by Crippen LogP contribution is -2.36. The third-order valence-corrected chi connectivity index (χ3v) is 3.96. The molecule has 0 aliphatic carbocycles. The Labute approximate surface area is 140 Å². The lowest BCUT2D eigenvalue weighted by molar-refractivity contribution is -0.120. The van der Waals surface area contributed by atoms with Crippen molar-refractivity contribution < 1.29 is 9.18 Å². The van der Waals surface area contributed by atoms with Crippen LogP contribution in [0.3, 0.4) is 0 Å². The Kier molecular flexibility index (Phi) is 6.56. The molecule has 122 valence electrons. The first-order valence-electron chi connectivity index (χ1n) is 7.56. The monoisotopic (exact) mass is 334 g/mol. The van der Waals surface area contributed by atoms with Crippen LogP contribution >= 0.6 is 11.6 Å². The Hall–Kier alpha value is -1.91. The molecule has 0 aromatic heterocycles. The summed E-state index contributed by atoms with van der Waals surface area (Å²) in [6, 6.07) is 14.1. The van der Waals surface area contributed by atoms with E-state index in [0.717, 1.165) is 5.56 Å². The second kappa shape index (κ2) is 8.65. The molecule has 2 rings (SSSR count). The molecule has 1 amide bonds. The second-order valence-electron chi connectivity index (χ2n) is 5.32. The first kappa shape index (κ1) is 17.4. The van der Waals surface area contributed by atoms with Gasteiger partial charge in [0.2, 0.25) is 5.91 Å². The van der Waals surface area contributed by atoms with Crippen LogP contribution < -0.4 is 10.6 Å². The maximum atomic E-state index is 13.5. The van der Waals surface area contributed by atoms with Gasteiger partial charge in [-0.15, -0.1) is 0 Å². The lowest BCUT2D eigenvalue weighted by Gasteiger charge is -2.15. The van der Waals surface area contributed by atoms with Gasteiger partial charge in [-0.25, -0.2) is 4.39 Å². The molecule has 0 saturated carbocycles. The average molecular weight is 335 g/mol. The van der Waals surface area contributed by atoms with E-state index < -0.39 is 0 Å². The summed E-state index contributed by atoms with van der Waals surface area (Å²) < 4.78 is 13.5. The van der Waals surface area contributed by atoms with E-state index in [1.807, 2.05) is 31.2 Å². The molecule has 0 aliphatic rings. The number of halogens is 2. The highest BCUT2D eigenvalue weighted by molar-refractivity contribution is 6.31. The van der Waals surface area contributed by atoms with Crippen LogP contribution in [0.25, 0.3) is 0 Å². The van der Waals surface area contributed by atoms with Gasteiger partial charge in [-0.3, -0.25) is 4.79 Å². The van der Waals surface area contributed by atoms with Crippen molar-refractivity contribution in [1.82, 2.24) is 10.6 Å². The van der Waals surface area contributed by atoms with Crippen molar-refractivity contribution in [2.75, 3.05) is 13.1 Å². The minimum Gasteiger partial charge on any atom is -0.355 e. The van der Waals surface area contributed by atoms with Crippen LogP contribution in [0.5, 0.6) is 0 Å². The molecule has 0 bridgehead atoms. The van der Waals surface area contributed by atoms with Gasteiger partial charge in [0.25, 0.3) is 0 Å². The van der Waals surface area contributed by atoms with Crippen molar-refractivity contribution >= 4 is 17.5 Å². The Morgan fingerprint density at radius 2 is 1.87 bits per heavy atom. The molecular formula is C18H20ClFN2O. The predicted octanol–water partition coefficient (Wildman–Crippen LogP) is 3.49. The third-order valence-electron chi connectivity index (χ3n) is 3.61. The summed E-state index contributed by atoms with van der Waals surface area (Å²) >= 11 is 6.12. The van der Waals surface area contributed by atoms with Gasteiger partial charge in [0, 0.05) is 17.6 Å². The smallest absolute Gasteiger partial charge is 0.233 e. The number of amides is 1. The standard InChI is InChI=1S/C18H20ClFN2O/c1-13(15-7-3-4-8-16(15)19)22-12-18(23)21-11-10-14-6-2-5-9-17(14)20/h2-9,13,22H,10-12H2,1H3,(H,21,23)/t13-/m1/s1. The molecule has 23 heavy (non-hydrogen) atoms. The van der Waals surface area contributed by atoms with E-state index in [9.17, 15) is 9.18 Å². The van der Waals surface area contributed by atoms with Crippen molar-refractivity contribution in [2.45, 2.75) is 19.4 Å². The summed E-state index contributed by atoms with van der Waals surface area (Å²) in [5.41, 5.74) is 1.55. The number of carbonyl (C=O) groups excluding carboxylic acids is 1. The molecule has 2 N–H and O–H groups in total. The molecule has 0 saturated heterocycles. The van der Waals surface area contributed by atoms with Gasteiger partial charge in [-0.2, -0.15) is 0 Å². The van der Waals surface area contributed by atoms with Crippen LogP contribution in [0.15, 0.2) is 48.5 Å². The van der Waals surface area contributed by atoms with E-state index in [1.54, 1.807) is 18.2 Å². The van der Waals surface area contributed by atoms with Gasteiger partial charge >= 0.3 is 0 Å². The van der Waals surface area contributed by atoms with E-state index in [1.165, 1.54) is 6.07 Å². The molecule has 0 fully saturated rings. The molecular weight excluding hydrogens is 315 g/mol. The summed E-state index contributed by atoms with van der Waals surface area (Å²) in [6.07, 6.45) is 0.471. The first-order chi connectivity index (χ1) is 11.1. The SMILES string of the molecule is C[C@@H](NCC(=O)NCCc1ccccc1F)c1ccccc1Cl. The normalized spacial score (nSPS) is 12.0. The molecule has 2 aromatic rings. The largest absolute Gasteiger partial charge is 0.355 e. The van der Waals surface area contributed by atoms with E-state index in [-0.39, 0.29) is 24.3 Å². The molecule has 0 aliphatic heterocycles. The van der Waals surface area contributed by atoms with Crippen LogP contribution in [-0.4, -0.2) is 19.0 Å². The van der Waals surface area contributed by atoms with Gasteiger partial charge in [-0.1, -0.05) is 48.0 Å². The summed E-state index contributed by atoms with van der Waals surface area (Å²) in [5, 5.41) is 6.58. The molecule has 1 atom stereocenters. The van der Waals surface area contributed by atoms with Gasteiger partial charge in [-0.05, 0) is 36.6 Å². The number of carbonyl (C=O) groups is 1. The van der Waals surface area contributed by atoms with Crippen LogP contribution in [0.2, 0.25) is 5.02 Å². The number of nitrogens with one attached hydrogen (secondary N) is 2. The predicted molar refractivity (Wildman–Crippen MR) is 91.0 cm³/mol. The molecule has 0 heterocycles. The summed E-state index contributed by atoms with van der Waals surface area (Å²) in [7, 11) is 0. The number of hydrogen-bond donors (Lipinski definition) is 2. The summed E-state index contributed by atoms with van der Waals surface area (Å²) in [5.74, 6) is -0.368. The van der Waals surface area contributed by atoms with Crippen LogP contribution in [-0.2, 0) is 11.2 Å². The summed E-state index contributed by atoms with van der Waals surface area (Å²) in [4.78, 5) is 11.8. The molecule has 0 unspecified atom stereocenters. The fraction of sp³-hybridized carbons (Fsp3) is 0.278. The van der Waals surface area contributed by atoms with Gasteiger partial charge in [0.15, 0.2) is 0 Å².